The zero-order valence-corrected chi connectivity index (χ0v) is 67.9. The largest absolute Gasteiger partial charge is 0.466 e. The number of allylic oxidation sites excluding steroid dienone is 4. The Morgan fingerprint density at radius 2 is 0.482 bits per heavy atom. The smallest absolute Gasteiger partial charge is 0.336 e. The first-order valence-corrected chi connectivity index (χ1v) is 37.3. The van der Waals surface area contributed by atoms with Gasteiger partial charge in [-0.15, -0.1) is 0 Å². The average Bonchev–Trinajstić information content (AvgIpc) is 0.780. The van der Waals surface area contributed by atoms with Crippen LogP contribution in [-0.4, -0.2) is 182 Å². The second-order valence-corrected chi connectivity index (χ2v) is 25.9. The second-order valence-electron chi connectivity index (χ2n) is 24.3. The van der Waals surface area contributed by atoms with Gasteiger partial charge in [0.2, 0.25) is 0 Å². The Kier molecular flexibility index (Phi) is 39.8. The van der Waals surface area contributed by atoms with E-state index in [2.05, 4.69) is 21.3 Å². The van der Waals surface area contributed by atoms with Crippen molar-refractivity contribution < 1.29 is 95.2 Å². The third-order valence-corrected chi connectivity index (χ3v) is 18.5. The Bertz CT molecular complexity index is 3750. The van der Waals surface area contributed by atoms with Crippen molar-refractivity contribution in [2.45, 2.75) is 79.1 Å². The molecule has 4 aromatic carbocycles. The van der Waals surface area contributed by atoms with Gasteiger partial charge < -0.3 is 101 Å². The highest BCUT2D eigenvalue weighted by Gasteiger charge is 2.44. The first-order chi connectivity index (χ1) is 53.8. The van der Waals surface area contributed by atoms with Gasteiger partial charge in [0.1, 0.15) is 0 Å². The van der Waals surface area contributed by atoms with Crippen molar-refractivity contribution in [2.75, 3.05) is 134 Å². The Balaban J connectivity index is 0.000000267. The van der Waals surface area contributed by atoms with Crippen LogP contribution in [0.1, 0.15) is 101 Å². The highest BCUT2D eigenvalue weighted by molar-refractivity contribution is 6.33. The van der Waals surface area contributed by atoms with E-state index < -0.39 is 71.4 Å². The summed E-state index contributed by atoms with van der Waals surface area (Å²) in [6, 6.07) is 28.2. The van der Waals surface area contributed by atoms with Gasteiger partial charge in [0.15, 0.2) is 0 Å². The van der Waals surface area contributed by atoms with Crippen LogP contribution < -0.4 is 44.2 Å². The minimum Gasteiger partial charge on any atom is -0.466 e. The van der Waals surface area contributed by atoms with Gasteiger partial charge in [0, 0.05) is 69.1 Å². The summed E-state index contributed by atoms with van der Waals surface area (Å²) >= 11 is 25.7. The maximum Gasteiger partial charge on any atom is 0.336 e. The van der Waals surface area contributed by atoms with Gasteiger partial charge in [-0.3, -0.25) is 0 Å². The topological polar surface area (TPSA) is 400 Å². The molecule has 608 valence electrons. The lowest BCUT2D eigenvalue weighted by Crippen LogP contribution is -2.35. The number of nitrogens with two attached hydrogens (primary N) is 4. The molecule has 8 rings (SSSR count). The number of halogens is 4. The van der Waals surface area contributed by atoms with E-state index in [0.717, 1.165) is 0 Å². The molecule has 4 aromatic rings. The van der Waals surface area contributed by atoms with Crippen molar-refractivity contribution in [3.05, 3.63) is 230 Å². The van der Waals surface area contributed by atoms with Crippen molar-refractivity contribution in [3.8, 4) is 0 Å². The summed E-state index contributed by atoms with van der Waals surface area (Å²) in [6.45, 7) is 17.7. The Morgan fingerprint density at radius 1 is 0.304 bits per heavy atom. The first-order valence-electron chi connectivity index (χ1n) is 35.8. The van der Waals surface area contributed by atoms with E-state index in [1.807, 2.05) is 0 Å². The van der Waals surface area contributed by atoms with Crippen LogP contribution in [0.5, 0.6) is 0 Å². The predicted molar refractivity (Wildman–Crippen MR) is 422 cm³/mol. The van der Waals surface area contributed by atoms with Crippen LogP contribution in [0.4, 0.5) is 0 Å². The number of carbonyl (C=O) groups is 8. The van der Waals surface area contributed by atoms with E-state index in [1.165, 1.54) is 28.4 Å². The van der Waals surface area contributed by atoms with E-state index in [4.69, 9.17) is 126 Å². The zero-order chi connectivity index (χ0) is 82.7. The van der Waals surface area contributed by atoms with Crippen molar-refractivity contribution in [1.82, 2.24) is 21.3 Å². The molecule has 0 aliphatic carbocycles. The van der Waals surface area contributed by atoms with E-state index in [-0.39, 0.29) is 75.1 Å². The molecular weight excluding hydrogens is 1530 g/mol. The number of carbonyl (C=O) groups excluding carboxylic acids is 8. The maximum absolute atomic E-state index is 12.9. The fourth-order valence-corrected chi connectivity index (χ4v) is 13.5. The van der Waals surface area contributed by atoms with Crippen LogP contribution in [0.2, 0.25) is 20.1 Å². The van der Waals surface area contributed by atoms with Crippen molar-refractivity contribution >= 4 is 94.2 Å². The lowest BCUT2D eigenvalue weighted by Gasteiger charge is -2.31. The van der Waals surface area contributed by atoms with Gasteiger partial charge in [-0.25, -0.2) is 38.4 Å². The van der Waals surface area contributed by atoms with Gasteiger partial charge in [-0.1, -0.05) is 119 Å². The van der Waals surface area contributed by atoms with Crippen LogP contribution in [0.25, 0.3) is 0 Å². The van der Waals surface area contributed by atoms with E-state index in [1.54, 1.807) is 152 Å². The van der Waals surface area contributed by atoms with Crippen molar-refractivity contribution in [1.29, 1.82) is 0 Å². The number of esters is 8. The molecule has 32 heteroatoms. The molecule has 1 unspecified atom stereocenters. The van der Waals surface area contributed by atoms with Gasteiger partial charge in [-0.2, -0.15) is 0 Å². The number of ether oxygens (including phenoxy) is 12. The first kappa shape index (κ1) is 93.2. The number of benzene rings is 4. The van der Waals surface area contributed by atoms with Crippen LogP contribution in [0, 0.1) is 0 Å². The lowest BCUT2D eigenvalue weighted by atomic mass is 9.80. The molecule has 4 aliphatic heterocycles. The normalized spacial score (nSPS) is 16.7. The lowest BCUT2D eigenvalue weighted by molar-refractivity contribution is -0.140. The number of rotatable bonds is 32. The van der Waals surface area contributed by atoms with Gasteiger partial charge in [0.25, 0.3) is 0 Å². The number of dihydropyridines is 4. The minimum atomic E-state index is -0.752. The molecule has 4 aliphatic rings. The van der Waals surface area contributed by atoms with E-state index in [9.17, 15) is 38.4 Å². The highest BCUT2D eigenvalue weighted by Crippen LogP contribution is 2.47. The zero-order valence-electron chi connectivity index (χ0n) is 64.8. The summed E-state index contributed by atoms with van der Waals surface area (Å²) in [4.78, 5) is 102. The summed E-state index contributed by atoms with van der Waals surface area (Å²) in [5, 5.41) is 14.1. The average molecular weight is 1640 g/mol. The van der Waals surface area contributed by atoms with Crippen molar-refractivity contribution in [3.63, 3.8) is 0 Å². The molecule has 0 saturated heterocycles. The van der Waals surface area contributed by atoms with Crippen molar-refractivity contribution in [2.24, 2.45) is 22.9 Å². The highest BCUT2D eigenvalue weighted by atomic mass is 35.5. The van der Waals surface area contributed by atoms with Gasteiger partial charge in [0.05, 0.1) is 199 Å². The molecule has 0 aromatic heterocycles. The fourth-order valence-electron chi connectivity index (χ4n) is 12.5. The molecule has 0 bridgehead atoms. The number of hydrogen-bond donors (Lipinski definition) is 8. The second kappa shape index (κ2) is 47.8. The summed E-state index contributed by atoms with van der Waals surface area (Å²) < 4.78 is 63.1. The SMILES string of the molecule is CCOC(=O)C1=C(COCCN)NC(C)=C(C(=O)OC)C1c1ccccc1Cl.CCOC(=O)C1=C(COCCN)NC(C)=C(C(=O)OC)[C@@H]1c1ccccc1Cl.CCOC(=O)C1=C(COCCN)NC(C)=C(C(=O)OC)[C@@H]1c1ccccc1Cl.CCOC(=O)C1=C(COCCN)NC(C)=C(C(=O)OC)[C@@H]1c1ccccc1Cl. The van der Waals surface area contributed by atoms with E-state index >= 15 is 0 Å². The fraction of sp³-hybridized carbons (Fsp3) is 0.400. The van der Waals surface area contributed by atoms with Gasteiger partial charge >= 0.3 is 47.8 Å². The standard InChI is InChI=1S/4C20H25ClN2O5/c4*1-4-28-20(25)18-15(11-27-10-9-22)23-12(2)16(19(24)26-3)17(18)13-7-5-6-8-14(13)21/h4*5-8,17,23H,4,9-11,22H2,1-3H3/t3*17-;/m000./s1. The Labute approximate surface area is 672 Å². The molecule has 0 amide bonds. The van der Waals surface area contributed by atoms with E-state index in [0.29, 0.717) is 163 Å². The Hall–Kier alpha value is -9.40. The minimum absolute atomic E-state index is 0.109. The van der Waals surface area contributed by atoms with Crippen LogP contribution in [0.3, 0.4) is 0 Å². The number of nitrogens with one attached hydrogen (secondary N) is 4. The molecule has 4 atom stereocenters. The molecule has 4 heterocycles. The summed E-state index contributed by atoms with van der Waals surface area (Å²) in [7, 11) is 5.17. The third kappa shape index (κ3) is 24.3. The molecule has 12 N–H and O–H groups in total. The number of hydrogen-bond acceptors (Lipinski definition) is 28. The predicted octanol–water partition coefficient (Wildman–Crippen LogP) is 9.07. The van der Waals surface area contributed by atoms with Crippen LogP contribution in [0.15, 0.2) is 187 Å². The maximum atomic E-state index is 12.9. The Morgan fingerprint density at radius 3 is 0.634 bits per heavy atom. The van der Waals surface area contributed by atoms with Crippen LogP contribution in [-0.2, 0) is 95.2 Å². The molecular formula is C80H100Cl4N8O20. The summed E-state index contributed by atoms with van der Waals surface area (Å²) in [5.41, 5.74) is 30.8. The quantitative estimate of drug-likeness (QED) is 0.0128. The molecule has 0 saturated carbocycles. The monoisotopic (exact) mass is 1630 g/mol. The molecule has 28 nitrogen and oxygen atoms in total. The molecule has 0 spiro atoms. The van der Waals surface area contributed by atoms with Gasteiger partial charge in [-0.05, 0) is 102 Å². The molecule has 112 heavy (non-hydrogen) atoms. The van der Waals surface area contributed by atoms with Crippen LogP contribution >= 0.6 is 46.4 Å². The number of methoxy groups -OCH3 is 4. The summed E-state index contributed by atoms with van der Waals surface area (Å²) in [6.07, 6.45) is 0. The molecule has 0 radical (unpaired) electrons. The molecule has 0 fully saturated rings. The third-order valence-electron chi connectivity index (χ3n) is 17.1. The summed E-state index contributed by atoms with van der Waals surface area (Å²) in [5.74, 6) is -7.46.